The van der Waals surface area contributed by atoms with E-state index in [2.05, 4.69) is 0 Å². The summed E-state index contributed by atoms with van der Waals surface area (Å²) in [5.41, 5.74) is -0.790. The van der Waals surface area contributed by atoms with Gasteiger partial charge in [0.15, 0.2) is 11.4 Å². The van der Waals surface area contributed by atoms with Crippen LogP contribution in [-0.2, 0) is 14.3 Å². The maximum atomic E-state index is 11.8. The van der Waals surface area contributed by atoms with Gasteiger partial charge in [0, 0.05) is 12.8 Å². The van der Waals surface area contributed by atoms with Gasteiger partial charge < -0.3 is 4.74 Å². The molecule has 0 aromatic carbocycles. The summed E-state index contributed by atoms with van der Waals surface area (Å²) in [5, 5.41) is 0. The third-order valence-electron chi connectivity index (χ3n) is 2.83. The number of hydrogen-bond acceptors (Lipinski definition) is 3. The highest BCUT2D eigenvalue weighted by Gasteiger charge is 2.45. The molecule has 1 aliphatic carbocycles. The lowest BCUT2D eigenvalue weighted by atomic mass is 9.90. The summed E-state index contributed by atoms with van der Waals surface area (Å²) in [6.45, 7) is 5.85. The van der Waals surface area contributed by atoms with Crippen molar-refractivity contribution in [1.29, 1.82) is 0 Å². The van der Waals surface area contributed by atoms with Crippen LogP contribution in [0.2, 0.25) is 0 Å². The maximum absolute atomic E-state index is 11.8. The zero-order valence-electron chi connectivity index (χ0n) is 9.84. The number of esters is 1. The first-order chi connectivity index (χ1) is 7.00. The molecule has 1 rings (SSSR count). The van der Waals surface area contributed by atoms with Crippen molar-refractivity contribution in [2.75, 3.05) is 0 Å². The van der Waals surface area contributed by atoms with Crippen LogP contribution < -0.4 is 0 Å². The molecule has 86 valence electrons. The maximum Gasteiger partial charge on any atom is 0.306 e. The van der Waals surface area contributed by atoms with E-state index in [0.717, 1.165) is 6.42 Å². The predicted molar refractivity (Wildman–Crippen MR) is 57.4 cm³/mol. The quantitative estimate of drug-likeness (QED) is 0.672. The van der Waals surface area contributed by atoms with Crippen molar-refractivity contribution in [2.45, 2.75) is 58.5 Å². The Kier molecular flexibility index (Phi) is 3.89. The summed E-state index contributed by atoms with van der Waals surface area (Å²) in [4.78, 5) is 23.1. The highest BCUT2D eigenvalue weighted by Crippen LogP contribution is 2.35. The van der Waals surface area contributed by atoms with E-state index in [1.54, 1.807) is 6.92 Å². The van der Waals surface area contributed by atoms with Gasteiger partial charge >= 0.3 is 5.97 Å². The third kappa shape index (κ3) is 2.80. The molecule has 0 N–H and O–H groups in total. The first-order valence-corrected chi connectivity index (χ1v) is 5.75. The van der Waals surface area contributed by atoms with Crippen molar-refractivity contribution >= 4 is 11.8 Å². The Labute approximate surface area is 91.2 Å². The van der Waals surface area contributed by atoms with Crippen LogP contribution in [0.15, 0.2) is 0 Å². The average molecular weight is 212 g/mol. The molecule has 0 radical (unpaired) electrons. The lowest BCUT2D eigenvalue weighted by Crippen LogP contribution is -2.40. The predicted octanol–water partition coefficient (Wildman–Crippen LogP) is 2.48. The van der Waals surface area contributed by atoms with E-state index in [9.17, 15) is 9.59 Å². The molecule has 1 aliphatic rings. The zero-order chi connectivity index (χ0) is 11.5. The molecule has 1 saturated carbocycles. The molecule has 0 amide bonds. The van der Waals surface area contributed by atoms with E-state index in [-0.39, 0.29) is 11.8 Å². The number of ketones is 1. The molecule has 0 aliphatic heterocycles. The third-order valence-corrected chi connectivity index (χ3v) is 2.83. The van der Waals surface area contributed by atoms with Gasteiger partial charge in [0.1, 0.15) is 0 Å². The van der Waals surface area contributed by atoms with Crippen LogP contribution >= 0.6 is 0 Å². The van der Waals surface area contributed by atoms with Crippen molar-refractivity contribution in [2.24, 2.45) is 5.92 Å². The Hall–Kier alpha value is -0.860. The normalized spacial score (nSPS) is 26.0. The summed E-state index contributed by atoms with van der Waals surface area (Å²) in [5.74, 6) is 0.223. The standard InChI is InChI=1S/C12H20O3/c1-4-11(14)15-12(8-9(2)3)7-5-6-10(12)13/h9H,4-8H2,1-3H3. The van der Waals surface area contributed by atoms with Gasteiger partial charge in [-0.15, -0.1) is 0 Å². The molecular weight excluding hydrogens is 192 g/mol. The SMILES string of the molecule is CCC(=O)OC1(CC(C)C)CCCC1=O. The van der Waals surface area contributed by atoms with Crippen molar-refractivity contribution < 1.29 is 14.3 Å². The summed E-state index contributed by atoms with van der Waals surface area (Å²) in [6, 6.07) is 0. The second kappa shape index (κ2) is 4.77. The van der Waals surface area contributed by atoms with Crippen LogP contribution in [0, 0.1) is 5.92 Å². The molecule has 1 unspecified atom stereocenters. The molecule has 0 spiro atoms. The fourth-order valence-corrected chi connectivity index (χ4v) is 2.22. The number of hydrogen-bond donors (Lipinski definition) is 0. The number of ether oxygens (including phenoxy) is 1. The average Bonchev–Trinajstić information content (AvgIpc) is 2.47. The minimum Gasteiger partial charge on any atom is -0.451 e. The summed E-state index contributed by atoms with van der Waals surface area (Å²) in [7, 11) is 0. The van der Waals surface area contributed by atoms with Crippen LogP contribution in [0.4, 0.5) is 0 Å². The molecule has 0 bridgehead atoms. The van der Waals surface area contributed by atoms with Crippen LogP contribution in [0.3, 0.4) is 0 Å². The Morgan fingerprint density at radius 1 is 1.53 bits per heavy atom. The van der Waals surface area contributed by atoms with E-state index < -0.39 is 5.60 Å². The second-order valence-electron chi connectivity index (χ2n) is 4.70. The molecule has 1 atom stereocenters. The fourth-order valence-electron chi connectivity index (χ4n) is 2.22. The minimum absolute atomic E-state index is 0.109. The van der Waals surface area contributed by atoms with E-state index in [1.807, 2.05) is 13.8 Å². The monoisotopic (exact) mass is 212 g/mol. The molecule has 3 heteroatoms. The van der Waals surface area contributed by atoms with Gasteiger partial charge in [0.2, 0.25) is 0 Å². The summed E-state index contributed by atoms with van der Waals surface area (Å²) in [6.07, 6.45) is 3.12. The van der Waals surface area contributed by atoms with Crippen molar-refractivity contribution in [1.82, 2.24) is 0 Å². The Morgan fingerprint density at radius 3 is 2.60 bits per heavy atom. The highest BCUT2D eigenvalue weighted by atomic mass is 16.6. The van der Waals surface area contributed by atoms with E-state index in [4.69, 9.17) is 4.74 Å². The Balaban J connectivity index is 2.76. The molecule has 3 nitrogen and oxygen atoms in total. The van der Waals surface area contributed by atoms with Gasteiger partial charge in [-0.25, -0.2) is 0 Å². The molecule has 0 heterocycles. The second-order valence-corrected chi connectivity index (χ2v) is 4.70. The number of Topliss-reactive ketones (excluding diaryl/α,β-unsaturated/α-hetero) is 1. The molecule has 0 aromatic heterocycles. The van der Waals surface area contributed by atoms with Crippen molar-refractivity contribution in [3.8, 4) is 0 Å². The number of carbonyl (C=O) groups is 2. The fraction of sp³-hybridized carbons (Fsp3) is 0.833. The van der Waals surface area contributed by atoms with Gasteiger partial charge in [-0.05, 0) is 25.2 Å². The Morgan fingerprint density at radius 2 is 2.20 bits per heavy atom. The van der Waals surface area contributed by atoms with Gasteiger partial charge in [0.25, 0.3) is 0 Å². The van der Waals surface area contributed by atoms with Gasteiger partial charge in [-0.1, -0.05) is 20.8 Å². The van der Waals surface area contributed by atoms with Crippen LogP contribution in [0.25, 0.3) is 0 Å². The Bertz CT molecular complexity index is 258. The first-order valence-electron chi connectivity index (χ1n) is 5.75. The van der Waals surface area contributed by atoms with Gasteiger partial charge in [-0.2, -0.15) is 0 Å². The molecular formula is C12H20O3. The van der Waals surface area contributed by atoms with Crippen molar-refractivity contribution in [3.63, 3.8) is 0 Å². The lowest BCUT2D eigenvalue weighted by Gasteiger charge is -2.29. The van der Waals surface area contributed by atoms with Crippen LogP contribution in [0.1, 0.15) is 52.9 Å². The summed E-state index contributed by atoms with van der Waals surface area (Å²) >= 11 is 0. The topological polar surface area (TPSA) is 43.4 Å². The van der Waals surface area contributed by atoms with E-state index >= 15 is 0 Å². The highest BCUT2D eigenvalue weighted by molar-refractivity contribution is 5.91. The molecule has 0 aromatic rings. The first kappa shape index (κ1) is 12.2. The van der Waals surface area contributed by atoms with Gasteiger partial charge in [-0.3, -0.25) is 9.59 Å². The number of rotatable bonds is 4. The van der Waals surface area contributed by atoms with E-state index in [1.165, 1.54) is 0 Å². The van der Waals surface area contributed by atoms with Crippen LogP contribution in [-0.4, -0.2) is 17.4 Å². The molecule has 0 saturated heterocycles. The van der Waals surface area contributed by atoms with Crippen molar-refractivity contribution in [3.05, 3.63) is 0 Å². The van der Waals surface area contributed by atoms with Crippen LogP contribution in [0.5, 0.6) is 0 Å². The summed E-state index contributed by atoms with van der Waals surface area (Å²) < 4.78 is 5.38. The van der Waals surface area contributed by atoms with E-state index in [0.29, 0.717) is 31.6 Å². The smallest absolute Gasteiger partial charge is 0.306 e. The lowest BCUT2D eigenvalue weighted by molar-refractivity contribution is -0.166. The molecule has 1 fully saturated rings. The molecule has 15 heavy (non-hydrogen) atoms. The number of carbonyl (C=O) groups excluding carboxylic acids is 2. The van der Waals surface area contributed by atoms with Gasteiger partial charge in [0.05, 0.1) is 0 Å². The minimum atomic E-state index is -0.790. The zero-order valence-corrected chi connectivity index (χ0v) is 9.84. The largest absolute Gasteiger partial charge is 0.451 e.